The number of amides is 3. The molecule has 6 N–H and O–H groups in total. The van der Waals surface area contributed by atoms with Gasteiger partial charge in [-0.25, -0.2) is 14.0 Å². The first-order valence-electron chi connectivity index (χ1n) is 11.1. The van der Waals surface area contributed by atoms with E-state index in [0.29, 0.717) is 45.3 Å². The van der Waals surface area contributed by atoms with Gasteiger partial charge in [-0.3, -0.25) is 4.79 Å². The molecule has 0 atom stereocenters. The maximum Gasteiger partial charge on any atom is 0.337 e. The third-order valence-electron chi connectivity index (χ3n) is 5.57. The number of rotatable bonds is 6. The summed E-state index contributed by atoms with van der Waals surface area (Å²) >= 11 is 0. The van der Waals surface area contributed by atoms with Crippen LogP contribution in [0.25, 0.3) is 11.6 Å². The van der Waals surface area contributed by atoms with E-state index in [1.54, 1.807) is 36.4 Å². The molecule has 1 aliphatic rings. The summed E-state index contributed by atoms with van der Waals surface area (Å²) in [4.78, 5) is 38.8. The molecule has 5 rings (SSSR count). The minimum Gasteiger partial charge on any atom is -0.478 e. The van der Waals surface area contributed by atoms with Crippen molar-refractivity contribution in [2.24, 2.45) is 0 Å². The molecule has 0 saturated heterocycles. The van der Waals surface area contributed by atoms with E-state index in [2.05, 4.69) is 26.3 Å². The van der Waals surface area contributed by atoms with Crippen LogP contribution in [0.5, 0.6) is 0 Å². The molecule has 184 valence electrons. The number of benzene rings is 3. The maximum absolute atomic E-state index is 13.0. The van der Waals surface area contributed by atoms with Crippen molar-refractivity contribution in [2.75, 3.05) is 21.3 Å². The summed E-state index contributed by atoms with van der Waals surface area (Å²) in [5.74, 6) is -1.74. The molecule has 0 radical (unpaired) electrons. The van der Waals surface area contributed by atoms with Gasteiger partial charge in [0.1, 0.15) is 5.82 Å². The summed E-state index contributed by atoms with van der Waals surface area (Å²) in [6.45, 7) is 0. The van der Waals surface area contributed by atoms with Crippen LogP contribution < -0.4 is 21.3 Å². The summed E-state index contributed by atoms with van der Waals surface area (Å²) in [5, 5.41) is 20.5. The van der Waals surface area contributed by atoms with Crippen LogP contribution >= 0.6 is 0 Å². The number of hydrogen-bond donors (Lipinski definition) is 6. The van der Waals surface area contributed by atoms with Gasteiger partial charge in [0.25, 0.3) is 5.91 Å². The highest BCUT2D eigenvalue weighted by molar-refractivity contribution is 6.35. The van der Waals surface area contributed by atoms with Crippen molar-refractivity contribution in [1.29, 1.82) is 0 Å². The number of aromatic nitrogens is 1. The van der Waals surface area contributed by atoms with Gasteiger partial charge >= 0.3 is 12.0 Å². The van der Waals surface area contributed by atoms with Gasteiger partial charge in [0.2, 0.25) is 0 Å². The number of aromatic amines is 1. The quantitative estimate of drug-likeness (QED) is 0.189. The van der Waals surface area contributed by atoms with E-state index in [1.807, 2.05) is 12.1 Å². The highest BCUT2D eigenvalue weighted by atomic mass is 19.1. The second-order valence-electron chi connectivity index (χ2n) is 8.21. The Labute approximate surface area is 210 Å². The van der Waals surface area contributed by atoms with Crippen LogP contribution in [-0.2, 0) is 4.79 Å². The second kappa shape index (κ2) is 9.70. The molecule has 0 saturated carbocycles. The summed E-state index contributed by atoms with van der Waals surface area (Å²) in [7, 11) is 0. The average Bonchev–Trinajstić information content (AvgIpc) is 3.45. The number of hydrogen-bond acceptors (Lipinski definition) is 4. The third-order valence-corrected chi connectivity index (χ3v) is 5.57. The molecule has 0 fully saturated rings. The van der Waals surface area contributed by atoms with Crippen LogP contribution in [0.3, 0.4) is 0 Å². The molecule has 37 heavy (non-hydrogen) atoms. The van der Waals surface area contributed by atoms with Crippen LogP contribution in [0.4, 0.5) is 37.6 Å². The first kappa shape index (κ1) is 23.4. The molecule has 9 nitrogen and oxygen atoms in total. The minimum absolute atomic E-state index is 0.106. The van der Waals surface area contributed by atoms with E-state index in [1.165, 1.54) is 36.5 Å². The van der Waals surface area contributed by atoms with Crippen LogP contribution in [0.1, 0.15) is 21.6 Å². The molecule has 1 aliphatic heterocycles. The molecular weight excluding hydrogens is 477 g/mol. The predicted octanol–water partition coefficient (Wildman–Crippen LogP) is 5.73. The third kappa shape index (κ3) is 5.33. The molecule has 1 aromatic heterocycles. The Morgan fingerprint density at radius 2 is 1.57 bits per heavy atom. The fourth-order valence-corrected chi connectivity index (χ4v) is 3.86. The number of carboxylic acid groups (broad SMARTS) is 1. The SMILES string of the molecule is O=C(Nc1ccc(F)cc1)Nc1cccc(Nc2ccc3c(c2)NC(=O)C3=Cc2cc(C(=O)O)c[nH]2)c1. The van der Waals surface area contributed by atoms with Crippen molar-refractivity contribution in [2.45, 2.75) is 0 Å². The number of carbonyl (C=O) groups is 3. The lowest BCUT2D eigenvalue weighted by Gasteiger charge is -2.11. The van der Waals surface area contributed by atoms with E-state index in [4.69, 9.17) is 5.11 Å². The molecule has 0 spiro atoms. The Hall–Kier alpha value is -5.38. The molecule has 3 aromatic carbocycles. The zero-order valence-corrected chi connectivity index (χ0v) is 19.1. The number of nitrogens with one attached hydrogen (secondary N) is 5. The van der Waals surface area contributed by atoms with E-state index in [-0.39, 0.29) is 11.5 Å². The van der Waals surface area contributed by atoms with Crippen molar-refractivity contribution in [3.05, 3.63) is 102 Å². The van der Waals surface area contributed by atoms with Gasteiger partial charge in [-0.05, 0) is 66.7 Å². The molecule has 0 aliphatic carbocycles. The highest BCUT2D eigenvalue weighted by Crippen LogP contribution is 2.36. The van der Waals surface area contributed by atoms with E-state index in [0.717, 1.165) is 0 Å². The van der Waals surface area contributed by atoms with Gasteiger partial charge in [-0.15, -0.1) is 0 Å². The Balaban J connectivity index is 1.28. The zero-order valence-electron chi connectivity index (χ0n) is 19.1. The number of carboxylic acids is 1. The van der Waals surface area contributed by atoms with Crippen molar-refractivity contribution in [3.63, 3.8) is 0 Å². The lowest BCUT2D eigenvalue weighted by Crippen LogP contribution is -2.19. The number of fused-ring (bicyclic) bond motifs is 1. The summed E-state index contributed by atoms with van der Waals surface area (Å²) in [6, 6.07) is 18.9. The van der Waals surface area contributed by atoms with E-state index < -0.39 is 17.8 Å². The Morgan fingerprint density at radius 1 is 0.865 bits per heavy atom. The van der Waals surface area contributed by atoms with E-state index in [9.17, 15) is 18.8 Å². The van der Waals surface area contributed by atoms with Gasteiger partial charge in [0.15, 0.2) is 0 Å². The fraction of sp³-hybridized carbons (Fsp3) is 0. The predicted molar refractivity (Wildman–Crippen MR) is 139 cm³/mol. The molecular formula is C27H20FN5O4. The largest absolute Gasteiger partial charge is 0.478 e. The highest BCUT2D eigenvalue weighted by Gasteiger charge is 2.24. The van der Waals surface area contributed by atoms with Gasteiger partial charge in [0, 0.05) is 40.2 Å². The normalized spacial score (nSPS) is 13.1. The standard InChI is InChI=1S/C27H20FN5O4/c28-16-4-6-17(7-5-16)31-27(37)32-19-3-1-2-18(11-19)30-20-8-9-22-23(25(34)33-24(22)13-20)12-21-10-15(14-29-21)26(35)36/h1-14,29-30H,(H,33,34)(H,35,36)(H2,31,32,37). The molecule has 2 heterocycles. The van der Waals surface area contributed by atoms with Crippen molar-refractivity contribution in [1.82, 2.24) is 4.98 Å². The summed E-state index contributed by atoms with van der Waals surface area (Å²) < 4.78 is 13.0. The zero-order chi connectivity index (χ0) is 25.9. The Morgan fingerprint density at radius 3 is 2.32 bits per heavy atom. The van der Waals surface area contributed by atoms with Crippen LogP contribution in [0.15, 0.2) is 79.0 Å². The van der Waals surface area contributed by atoms with Crippen molar-refractivity contribution in [3.8, 4) is 0 Å². The Bertz CT molecular complexity index is 1560. The number of halogens is 1. The van der Waals surface area contributed by atoms with Gasteiger partial charge in [0.05, 0.1) is 16.8 Å². The molecule has 10 heteroatoms. The first-order chi connectivity index (χ1) is 17.8. The lowest BCUT2D eigenvalue weighted by molar-refractivity contribution is -0.110. The smallest absolute Gasteiger partial charge is 0.337 e. The van der Waals surface area contributed by atoms with E-state index >= 15 is 0 Å². The van der Waals surface area contributed by atoms with Crippen LogP contribution in [-0.4, -0.2) is 28.0 Å². The van der Waals surface area contributed by atoms with Crippen LogP contribution in [0.2, 0.25) is 0 Å². The number of aromatic carboxylic acids is 1. The fourth-order valence-electron chi connectivity index (χ4n) is 3.86. The van der Waals surface area contributed by atoms with Crippen LogP contribution in [0, 0.1) is 5.82 Å². The molecule has 4 aromatic rings. The minimum atomic E-state index is -1.05. The molecule has 3 amide bonds. The summed E-state index contributed by atoms with van der Waals surface area (Å²) in [5.41, 5.74) is 4.73. The Kier molecular flexibility index (Phi) is 6.13. The maximum atomic E-state index is 13.0. The van der Waals surface area contributed by atoms with Gasteiger partial charge < -0.3 is 31.4 Å². The number of urea groups is 1. The average molecular weight is 497 g/mol. The lowest BCUT2D eigenvalue weighted by atomic mass is 10.1. The van der Waals surface area contributed by atoms with Crippen molar-refractivity contribution < 1.29 is 23.9 Å². The number of H-pyrrole nitrogens is 1. The number of carbonyl (C=O) groups excluding carboxylic acids is 2. The molecule has 0 bridgehead atoms. The van der Waals surface area contributed by atoms with Gasteiger partial charge in [-0.1, -0.05) is 12.1 Å². The molecule has 0 unspecified atom stereocenters. The van der Waals surface area contributed by atoms with Crippen molar-refractivity contribution >= 4 is 58.0 Å². The monoisotopic (exact) mass is 497 g/mol. The second-order valence-corrected chi connectivity index (χ2v) is 8.21. The topological polar surface area (TPSA) is 135 Å². The first-order valence-corrected chi connectivity index (χ1v) is 11.1. The van der Waals surface area contributed by atoms with Gasteiger partial charge in [-0.2, -0.15) is 0 Å². The summed E-state index contributed by atoms with van der Waals surface area (Å²) in [6.07, 6.45) is 2.97. The number of anilines is 5.